The number of oxazole rings is 1. The minimum atomic E-state index is -1.15. The molecule has 6 nitrogen and oxygen atoms in total. The second-order valence-electron chi connectivity index (χ2n) is 2.18. The topological polar surface area (TPSA) is 81.8 Å². The summed E-state index contributed by atoms with van der Waals surface area (Å²) in [5, 5.41) is 8.52. The van der Waals surface area contributed by atoms with E-state index < -0.39 is 12.3 Å². The molecule has 1 N–H and O–H groups in total. The first-order chi connectivity index (χ1) is 6.19. The fraction of sp³-hybridized carbons (Fsp3) is 0.429. The molecule has 1 aromatic rings. The molecule has 0 fully saturated rings. The van der Waals surface area contributed by atoms with Gasteiger partial charge in [0.25, 0.3) is 5.89 Å². The number of ether oxygens (including phenoxy) is 2. The van der Waals surface area contributed by atoms with Crippen molar-refractivity contribution in [2.75, 3.05) is 14.2 Å². The maximum absolute atomic E-state index is 10.4. The quantitative estimate of drug-likeness (QED) is 0.697. The highest BCUT2D eigenvalue weighted by atomic mass is 16.7. The van der Waals surface area contributed by atoms with Gasteiger partial charge in [-0.1, -0.05) is 0 Å². The number of carbonyl (C=O) groups is 1. The maximum Gasteiger partial charge on any atom is 0.357 e. The fourth-order valence-corrected chi connectivity index (χ4v) is 0.792. The molecule has 1 rings (SSSR count). The Morgan fingerprint density at radius 3 is 2.62 bits per heavy atom. The SMILES string of the molecule is COC(OC)c1nc(C(=O)O)co1. The van der Waals surface area contributed by atoms with Gasteiger partial charge in [-0.2, -0.15) is 0 Å². The Balaban J connectivity index is 2.84. The maximum atomic E-state index is 10.4. The molecule has 0 spiro atoms. The molecule has 0 atom stereocenters. The summed E-state index contributed by atoms with van der Waals surface area (Å²) in [6, 6.07) is 0. The number of rotatable bonds is 4. The number of methoxy groups -OCH3 is 2. The van der Waals surface area contributed by atoms with Crippen molar-refractivity contribution in [2.24, 2.45) is 0 Å². The number of hydrogen-bond acceptors (Lipinski definition) is 5. The van der Waals surface area contributed by atoms with Gasteiger partial charge in [0, 0.05) is 14.2 Å². The van der Waals surface area contributed by atoms with Crippen molar-refractivity contribution in [3.05, 3.63) is 17.8 Å². The predicted molar refractivity (Wildman–Crippen MR) is 40.2 cm³/mol. The molecule has 0 unspecified atom stereocenters. The zero-order chi connectivity index (χ0) is 9.84. The average Bonchev–Trinajstić information content (AvgIpc) is 2.56. The van der Waals surface area contributed by atoms with E-state index in [1.807, 2.05) is 0 Å². The molecule has 6 heteroatoms. The first kappa shape index (κ1) is 9.69. The van der Waals surface area contributed by atoms with Crippen LogP contribution in [0.5, 0.6) is 0 Å². The Hall–Kier alpha value is -1.40. The van der Waals surface area contributed by atoms with Crippen LogP contribution in [0.25, 0.3) is 0 Å². The molecular formula is C7H9NO5. The Morgan fingerprint density at radius 2 is 2.23 bits per heavy atom. The largest absolute Gasteiger partial charge is 0.476 e. The lowest BCUT2D eigenvalue weighted by Crippen LogP contribution is -2.05. The van der Waals surface area contributed by atoms with Crippen LogP contribution in [-0.4, -0.2) is 30.3 Å². The van der Waals surface area contributed by atoms with E-state index in [9.17, 15) is 4.79 Å². The van der Waals surface area contributed by atoms with Crippen LogP contribution in [0.3, 0.4) is 0 Å². The van der Waals surface area contributed by atoms with Gasteiger partial charge < -0.3 is 19.0 Å². The van der Waals surface area contributed by atoms with Crippen molar-refractivity contribution in [2.45, 2.75) is 6.29 Å². The first-order valence-electron chi connectivity index (χ1n) is 3.43. The third kappa shape index (κ3) is 2.04. The standard InChI is InChI=1S/C7H9NO5/c1-11-7(12-2)5-8-4(3-13-5)6(9)10/h3,7H,1-2H3,(H,9,10). The molecule has 0 radical (unpaired) electrons. The van der Waals surface area contributed by atoms with Gasteiger partial charge >= 0.3 is 5.97 Å². The van der Waals surface area contributed by atoms with Crippen molar-refractivity contribution in [3.8, 4) is 0 Å². The molecule has 1 aromatic heterocycles. The van der Waals surface area contributed by atoms with E-state index in [0.717, 1.165) is 6.26 Å². The lowest BCUT2D eigenvalue weighted by Gasteiger charge is -2.07. The number of carboxylic acids is 1. The fourth-order valence-electron chi connectivity index (χ4n) is 0.792. The molecule has 72 valence electrons. The molecule has 0 aliphatic heterocycles. The van der Waals surface area contributed by atoms with Crippen LogP contribution in [0, 0.1) is 0 Å². The van der Waals surface area contributed by atoms with Crippen LogP contribution in [0.1, 0.15) is 22.7 Å². The zero-order valence-electron chi connectivity index (χ0n) is 7.18. The van der Waals surface area contributed by atoms with E-state index in [1.54, 1.807) is 0 Å². The van der Waals surface area contributed by atoms with Crippen LogP contribution >= 0.6 is 0 Å². The smallest absolute Gasteiger partial charge is 0.357 e. The van der Waals surface area contributed by atoms with Crippen molar-refractivity contribution >= 4 is 5.97 Å². The molecule has 0 amide bonds. The van der Waals surface area contributed by atoms with Gasteiger partial charge in [-0.15, -0.1) is 0 Å². The number of nitrogens with zero attached hydrogens (tertiary/aromatic N) is 1. The third-order valence-electron chi connectivity index (χ3n) is 1.37. The number of aromatic carboxylic acids is 1. The average molecular weight is 187 g/mol. The highest BCUT2D eigenvalue weighted by Gasteiger charge is 2.18. The Morgan fingerprint density at radius 1 is 1.62 bits per heavy atom. The first-order valence-corrected chi connectivity index (χ1v) is 3.43. The second kappa shape index (κ2) is 4.01. The number of hydrogen-bond donors (Lipinski definition) is 1. The molecule has 13 heavy (non-hydrogen) atoms. The summed E-state index contributed by atoms with van der Waals surface area (Å²) in [4.78, 5) is 14.0. The van der Waals surface area contributed by atoms with Gasteiger partial charge in [0.2, 0.25) is 6.29 Å². The summed E-state index contributed by atoms with van der Waals surface area (Å²) >= 11 is 0. The van der Waals surface area contributed by atoms with Gasteiger partial charge in [0.05, 0.1) is 0 Å². The summed E-state index contributed by atoms with van der Waals surface area (Å²) in [7, 11) is 2.80. The van der Waals surface area contributed by atoms with Crippen LogP contribution in [0.15, 0.2) is 10.7 Å². The van der Waals surface area contributed by atoms with Gasteiger partial charge in [-0.3, -0.25) is 0 Å². The lowest BCUT2D eigenvalue weighted by molar-refractivity contribution is -0.121. The van der Waals surface area contributed by atoms with Gasteiger partial charge in [0.15, 0.2) is 5.69 Å². The van der Waals surface area contributed by atoms with Crippen molar-refractivity contribution in [3.63, 3.8) is 0 Å². The highest BCUT2D eigenvalue weighted by Crippen LogP contribution is 2.15. The second-order valence-corrected chi connectivity index (χ2v) is 2.18. The van der Waals surface area contributed by atoms with Gasteiger partial charge in [-0.25, -0.2) is 9.78 Å². The van der Waals surface area contributed by atoms with Gasteiger partial charge in [-0.05, 0) is 0 Å². The van der Waals surface area contributed by atoms with E-state index in [2.05, 4.69) is 4.98 Å². The third-order valence-corrected chi connectivity index (χ3v) is 1.37. The monoisotopic (exact) mass is 187 g/mol. The normalized spacial score (nSPS) is 10.7. The molecule has 0 bridgehead atoms. The molecule has 0 aliphatic carbocycles. The molecule has 0 saturated carbocycles. The summed E-state index contributed by atoms with van der Waals surface area (Å²) in [6.45, 7) is 0. The van der Waals surface area contributed by atoms with Gasteiger partial charge in [0.1, 0.15) is 6.26 Å². The summed E-state index contributed by atoms with van der Waals surface area (Å²) in [5.74, 6) is -1.07. The predicted octanol–water partition coefficient (Wildman–Crippen LogP) is 0.664. The summed E-state index contributed by atoms with van der Waals surface area (Å²) in [6.07, 6.45) is 0.260. The lowest BCUT2D eigenvalue weighted by atomic mass is 10.5. The number of carboxylic acid groups (broad SMARTS) is 1. The van der Waals surface area contributed by atoms with E-state index in [0.29, 0.717) is 0 Å². The Bertz CT molecular complexity index is 291. The molecule has 0 saturated heterocycles. The van der Waals surface area contributed by atoms with E-state index in [4.69, 9.17) is 19.0 Å². The molecule has 0 aromatic carbocycles. The van der Waals surface area contributed by atoms with E-state index in [-0.39, 0.29) is 11.6 Å². The van der Waals surface area contributed by atoms with E-state index >= 15 is 0 Å². The molecular weight excluding hydrogens is 178 g/mol. The van der Waals surface area contributed by atoms with E-state index in [1.165, 1.54) is 14.2 Å². The Labute approximate surface area is 74.1 Å². The molecule has 1 heterocycles. The van der Waals surface area contributed by atoms with Crippen molar-refractivity contribution in [1.82, 2.24) is 4.98 Å². The summed E-state index contributed by atoms with van der Waals surface area (Å²) in [5.41, 5.74) is -0.172. The van der Waals surface area contributed by atoms with Crippen molar-refractivity contribution < 1.29 is 23.8 Å². The molecule has 0 aliphatic rings. The van der Waals surface area contributed by atoms with Crippen LogP contribution in [0.2, 0.25) is 0 Å². The highest BCUT2D eigenvalue weighted by molar-refractivity contribution is 5.84. The minimum Gasteiger partial charge on any atom is -0.476 e. The van der Waals surface area contributed by atoms with Crippen LogP contribution < -0.4 is 0 Å². The zero-order valence-corrected chi connectivity index (χ0v) is 7.18. The minimum absolute atomic E-state index is 0.0856. The Kier molecular flexibility index (Phi) is 2.99. The van der Waals surface area contributed by atoms with Crippen LogP contribution in [0.4, 0.5) is 0 Å². The van der Waals surface area contributed by atoms with Crippen LogP contribution in [-0.2, 0) is 9.47 Å². The number of aromatic nitrogens is 1. The van der Waals surface area contributed by atoms with Crippen molar-refractivity contribution in [1.29, 1.82) is 0 Å². The summed E-state index contributed by atoms with van der Waals surface area (Å²) < 4.78 is 14.4.